The van der Waals surface area contributed by atoms with Gasteiger partial charge < -0.3 is 14.8 Å². The highest BCUT2D eigenvalue weighted by molar-refractivity contribution is 9.10. The molecule has 1 saturated heterocycles. The zero-order chi connectivity index (χ0) is 17.6. The van der Waals surface area contributed by atoms with E-state index in [1.807, 2.05) is 30.5 Å². The quantitative estimate of drug-likeness (QED) is 0.823. The molecular formula is C19H21BrN2O3. The average molecular weight is 405 g/mol. The molecule has 0 aliphatic carbocycles. The Bertz CT molecular complexity index is 718. The number of hydrogen-bond acceptors (Lipinski definition) is 4. The van der Waals surface area contributed by atoms with Gasteiger partial charge in [-0.25, -0.2) is 0 Å². The third kappa shape index (κ3) is 4.38. The second kappa shape index (κ2) is 8.45. The van der Waals surface area contributed by atoms with Gasteiger partial charge in [0.1, 0.15) is 5.75 Å². The van der Waals surface area contributed by atoms with Gasteiger partial charge in [-0.3, -0.25) is 9.78 Å². The number of carbonyl (C=O) groups excluding carboxylic acids is 1. The van der Waals surface area contributed by atoms with E-state index in [0.717, 1.165) is 36.1 Å². The summed E-state index contributed by atoms with van der Waals surface area (Å²) in [7, 11) is 1.59. The van der Waals surface area contributed by atoms with Crippen LogP contribution in [0.5, 0.6) is 5.75 Å². The minimum atomic E-state index is -0.133. The van der Waals surface area contributed by atoms with E-state index in [9.17, 15) is 4.79 Å². The minimum Gasteiger partial charge on any atom is -0.497 e. The van der Waals surface area contributed by atoms with Crippen LogP contribution in [-0.4, -0.2) is 31.2 Å². The molecule has 0 radical (unpaired) electrons. The maximum absolute atomic E-state index is 12.9. The van der Waals surface area contributed by atoms with Crippen LogP contribution < -0.4 is 10.1 Å². The van der Waals surface area contributed by atoms with E-state index >= 15 is 0 Å². The average Bonchev–Trinajstić information content (AvgIpc) is 2.67. The standard InChI is InChI=1S/C19H21BrN2O3/c1-24-15-4-5-17(20)16(11-15)19(23)22-18(13-6-9-25-10-7-13)14-3-2-8-21-12-14/h2-5,8,11-13,18H,6-7,9-10H2,1H3,(H,22,23). The van der Waals surface area contributed by atoms with Crippen LogP contribution in [0.1, 0.15) is 34.8 Å². The third-order valence-electron chi connectivity index (χ3n) is 4.49. The SMILES string of the molecule is COc1ccc(Br)c(C(=O)NC(c2cccnc2)C2CCOCC2)c1. The van der Waals surface area contributed by atoms with Gasteiger partial charge in [-0.1, -0.05) is 6.07 Å². The molecule has 3 rings (SSSR count). The lowest BCUT2D eigenvalue weighted by atomic mass is 9.87. The van der Waals surface area contributed by atoms with E-state index in [-0.39, 0.29) is 11.9 Å². The van der Waals surface area contributed by atoms with Crippen LogP contribution in [0.15, 0.2) is 47.2 Å². The first-order valence-electron chi connectivity index (χ1n) is 8.31. The predicted octanol–water partition coefficient (Wildman–Crippen LogP) is 3.75. The number of nitrogens with zero attached hydrogens (tertiary/aromatic N) is 1. The normalized spacial score (nSPS) is 16.2. The van der Waals surface area contributed by atoms with Gasteiger partial charge in [0.2, 0.25) is 0 Å². The monoisotopic (exact) mass is 404 g/mol. The molecule has 1 fully saturated rings. The van der Waals surface area contributed by atoms with Crippen LogP contribution >= 0.6 is 15.9 Å². The van der Waals surface area contributed by atoms with Crippen molar-refractivity contribution < 1.29 is 14.3 Å². The van der Waals surface area contributed by atoms with Gasteiger partial charge in [0.05, 0.1) is 18.7 Å². The molecular weight excluding hydrogens is 384 g/mol. The minimum absolute atomic E-state index is 0.0943. The fourth-order valence-corrected chi connectivity index (χ4v) is 3.53. The fraction of sp³-hybridized carbons (Fsp3) is 0.368. The predicted molar refractivity (Wildman–Crippen MR) is 98.7 cm³/mol. The Morgan fingerprint density at radius 3 is 2.84 bits per heavy atom. The number of ether oxygens (including phenoxy) is 2. The van der Waals surface area contributed by atoms with Gasteiger partial charge in [0, 0.05) is 30.1 Å². The van der Waals surface area contributed by atoms with Crippen LogP contribution in [0.4, 0.5) is 0 Å². The maximum atomic E-state index is 12.9. The first-order valence-corrected chi connectivity index (χ1v) is 9.10. The second-order valence-electron chi connectivity index (χ2n) is 6.03. The van der Waals surface area contributed by atoms with Crippen molar-refractivity contribution in [2.45, 2.75) is 18.9 Å². The molecule has 2 heterocycles. The lowest BCUT2D eigenvalue weighted by Crippen LogP contribution is -2.36. The summed E-state index contributed by atoms with van der Waals surface area (Å²) in [6.45, 7) is 1.44. The second-order valence-corrected chi connectivity index (χ2v) is 6.89. The number of methoxy groups -OCH3 is 1. The highest BCUT2D eigenvalue weighted by Crippen LogP contribution is 2.31. The number of hydrogen-bond donors (Lipinski definition) is 1. The van der Waals surface area contributed by atoms with Crippen molar-refractivity contribution in [3.8, 4) is 5.75 Å². The summed E-state index contributed by atoms with van der Waals surface area (Å²) in [4.78, 5) is 17.1. The largest absolute Gasteiger partial charge is 0.497 e. The number of nitrogens with one attached hydrogen (secondary N) is 1. The highest BCUT2D eigenvalue weighted by Gasteiger charge is 2.28. The Morgan fingerprint density at radius 1 is 1.36 bits per heavy atom. The Labute approximate surface area is 155 Å². The van der Waals surface area contributed by atoms with Crippen molar-refractivity contribution in [3.63, 3.8) is 0 Å². The number of amides is 1. The molecule has 132 valence electrons. The number of benzene rings is 1. The number of rotatable bonds is 5. The van der Waals surface area contributed by atoms with Gasteiger partial charge in [-0.2, -0.15) is 0 Å². The molecule has 0 bridgehead atoms. The maximum Gasteiger partial charge on any atom is 0.253 e. The van der Waals surface area contributed by atoms with Crippen molar-refractivity contribution in [3.05, 3.63) is 58.3 Å². The van der Waals surface area contributed by atoms with Crippen molar-refractivity contribution in [1.82, 2.24) is 10.3 Å². The lowest BCUT2D eigenvalue weighted by Gasteiger charge is -2.31. The van der Waals surface area contributed by atoms with E-state index in [4.69, 9.17) is 9.47 Å². The van der Waals surface area contributed by atoms with E-state index in [0.29, 0.717) is 17.2 Å². The molecule has 0 spiro atoms. The van der Waals surface area contributed by atoms with Crippen LogP contribution in [0.3, 0.4) is 0 Å². The molecule has 1 aliphatic rings. The molecule has 1 aromatic heterocycles. The van der Waals surface area contributed by atoms with Crippen molar-refractivity contribution in [2.75, 3.05) is 20.3 Å². The summed E-state index contributed by atoms with van der Waals surface area (Å²) in [5, 5.41) is 3.19. The first-order chi connectivity index (χ1) is 12.2. The zero-order valence-electron chi connectivity index (χ0n) is 14.1. The first kappa shape index (κ1) is 17.9. The van der Waals surface area contributed by atoms with E-state index in [2.05, 4.69) is 26.2 Å². The Hall–Kier alpha value is -1.92. The molecule has 5 nitrogen and oxygen atoms in total. The van der Waals surface area contributed by atoms with E-state index in [1.165, 1.54) is 0 Å². The van der Waals surface area contributed by atoms with Gasteiger partial charge in [0.15, 0.2) is 0 Å². The molecule has 1 aliphatic heterocycles. The Kier molecular flexibility index (Phi) is 6.04. The summed E-state index contributed by atoms with van der Waals surface area (Å²) >= 11 is 3.45. The molecule has 6 heteroatoms. The number of pyridine rings is 1. The Balaban J connectivity index is 1.85. The third-order valence-corrected chi connectivity index (χ3v) is 5.18. The van der Waals surface area contributed by atoms with Crippen LogP contribution in [-0.2, 0) is 4.74 Å². The molecule has 25 heavy (non-hydrogen) atoms. The fourth-order valence-electron chi connectivity index (χ4n) is 3.11. The summed E-state index contributed by atoms with van der Waals surface area (Å²) in [6, 6.07) is 9.19. The van der Waals surface area contributed by atoms with Crippen molar-refractivity contribution in [1.29, 1.82) is 0 Å². The van der Waals surface area contributed by atoms with E-state index < -0.39 is 0 Å². The summed E-state index contributed by atoms with van der Waals surface area (Å²) in [5.74, 6) is 0.842. The van der Waals surface area contributed by atoms with E-state index in [1.54, 1.807) is 19.4 Å². The van der Waals surface area contributed by atoms with Gasteiger partial charge in [-0.15, -0.1) is 0 Å². The van der Waals surface area contributed by atoms with Gasteiger partial charge >= 0.3 is 0 Å². The Morgan fingerprint density at radius 2 is 2.16 bits per heavy atom. The molecule has 1 unspecified atom stereocenters. The summed E-state index contributed by atoms with van der Waals surface area (Å²) in [6.07, 6.45) is 5.39. The molecule has 1 atom stereocenters. The number of aromatic nitrogens is 1. The highest BCUT2D eigenvalue weighted by atomic mass is 79.9. The topological polar surface area (TPSA) is 60.5 Å². The number of carbonyl (C=O) groups is 1. The van der Waals surface area contributed by atoms with Crippen molar-refractivity contribution >= 4 is 21.8 Å². The molecule has 1 amide bonds. The smallest absolute Gasteiger partial charge is 0.253 e. The molecule has 0 saturated carbocycles. The number of halogens is 1. The van der Waals surface area contributed by atoms with Crippen molar-refractivity contribution in [2.24, 2.45) is 5.92 Å². The molecule has 2 aromatic rings. The summed E-state index contributed by atoms with van der Waals surface area (Å²) in [5.41, 5.74) is 1.57. The van der Waals surface area contributed by atoms with Crippen LogP contribution in [0.2, 0.25) is 0 Å². The van der Waals surface area contributed by atoms with Gasteiger partial charge in [-0.05, 0) is 64.5 Å². The zero-order valence-corrected chi connectivity index (χ0v) is 15.7. The van der Waals surface area contributed by atoms with Crippen LogP contribution in [0, 0.1) is 5.92 Å². The summed E-state index contributed by atoms with van der Waals surface area (Å²) < 4.78 is 11.4. The molecule has 1 N–H and O–H groups in total. The lowest BCUT2D eigenvalue weighted by molar-refractivity contribution is 0.0513. The van der Waals surface area contributed by atoms with Crippen LogP contribution in [0.25, 0.3) is 0 Å². The molecule has 1 aromatic carbocycles. The van der Waals surface area contributed by atoms with Gasteiger partial charge in [0.25, 0.3) is 5.91 Å².